The maximum atomic E-state index is 4.34. The molecule has 0 saturated heterocycles. The Balaban J connectivity index is 2.67. The van der Waals surface area contributed by atoms with E-state index in [1.54, 1.807) is 0 Å². The average Bonchev–Trinajstić information content (AvgIpc) is 2.66. The molecule has 2 nitrogen and oxygen atoms in total. The van der Waals surface area contributed by atoms with Crippen LogP contribution in [0.3, 0.4) is 0 Å². The summed E-state index contributed by atoms with van der Waals surface area (Å²) in [5.74, 6) is 0. The molecule has 0 spiro atoms. The second-order valence-electron chi connectivity index (χ2n) is 4.74. The van der Waals surface area contributed by atoms with Gasteiger partial charge in [-0.2, -0.15) is 5.10 Å². The number of hydrogen-bond acceptors (Lipinski definition) is 1. The Kier molecular flexibility index (Phi) is 2.29. The van der Waals surface area contributed by atoms with Crippen LogP contribution < -0.4 is 0 Å². The summed E-state index contributed by atoms with van der Waals surface area (Å²) in [5, 5.41) is 4.34. The van der Waals surface area contributed by atoms with Gasteiger partial charge in [-0.3, -0.25) is 0 Å². The highest BCUT2D eigenvalue weighted by Gasteiger charge is 2.21. The molecular formula is C13H18N2. The number of rotatable bonds is 2. The highest BCUT2D eigenvalue weighted by atomic mass is 15.2. The van der Waals surface area contributed by atoms with Crippen molar-refractivity contribution >= 4 is 5.52 Å². The first-order valence-corrected chi connectivity index (χ1v) is 5.50. The van der Waals surface area contributed by atoms with Gasteiger partial charge < -0.3 is 0 Å². The highest BCUT2D eigenvalue weighted by Crippen LogP contribution is 2.29. The predicted octanol–water partition coefficient (Wildman–Crippen LogP) is 3.33. The SMILES string of the molecule is CCC(C)(C)c1ccc2ccnn2c1C. The highest BCUT2D eigenvalue weighted by molar-refractivity contribution is 5.49. The molecule has 0 bridgehead atoms. The Bertz CT molecular complexity index is 480. The van der Waals surface area contributed by atoms with Crippen molar-refractivity contribution in [3.05, 3.63) is 35.7 Å². The van der Waals surface area contributed by atoms with Gasteiger partial charge in [0.15, 0.2) is 0 Å². The van der Waals surface area contributed by atoms with Crippen LogP contribution >= 0.6 is 0 Å². The van der Waals surface area contributed by atoms with E-state index < -0.39 is 0 Å². The third-order valence-corrected chi connectivity index (χ3v) is 3.41. The van der Waals surface area contributed by atoms with Gasteiger partial charge in [-0.1, -0.05) is 26.8 Å². The van der Waals surface area contributed by atoms with Crippen molar-refractivity contribution in [2.45, 2.75) is 39.5 Å². The molecule has 0 aliphatic carbocycles. The van der Waals surface area contributed by atoms with E-state index in [0.29, 0.717) is 0 Å². The Morgan fingerprint density at radius 1 is 1.27 bits per heavy atom. The summed E-state index contributed by atoms with van der Waals surface area (Å²) in [6.07, 6.45) is 2.99. The van der Waals surface area contributed by atoms with Crippen LogP contribution in [0.1, 0.15) is 38.4 Å². The molecule has 0 N–H and O–H groups in total. The van der Waals surface area contributed by atoms with E-state index in [2.05, 4.69) is 44.9 Å². The van der Waals surface area contributed by atoms with Crippen LogP contribution in [0.15, 0.2) is 24.4 Å². The Morgan fingerprint density at radius 2 is 2.00 bits per heavy atom. The van der Waals surface area contributed by atoms with Crippen LogP contribution in [0, 0.1) is 6.92 Å². The zero-order valence-corrected chi connectivity index (χ0v) is 9.91. The van der Waals surface area contributed by atoms with Crippen LogP contribution in [0.4, 0.5) is 0 Å². The average molecular weight is 202 g/mol. The van der Waals surface area contributed by atoms with E-state index in [1.165, 1.54) is 16.8 Å². The predicted molar refractivity (Wildman–Crippen MR) is 63.2 cm³/mol. The Morgan fingerprint density at radius 3 is 2.67 bits per heavy atom. The molecule has 0 saturated carbocycles. The Hall–Kier alpha value is -1.31. The fourth-order valence-electron chi connectivity index (χ4n) is 2.03. The maximum Gasteiger partial charge on any atom is 0.0664 e. The topological polar surface area (TPSA) is 17.3 Å². The molecule has 0 amide bonds. The zero-order chi connectivity index (χ0) is 11.1. The quantitative estimate of drug-likeness (QED) is 0.730. The molecule has 2 aromatic rings. The summed E-state index contributed by atoms with van der Waals surface area (Å²) in [6.45, 7) is 8.94. The van der Waals surface area contributed by atoms with Gasteiger partial charge in [-0.05, 0) is 36.5 Å². The normalized spacial score (nSPS) is 12.3. The fraction of sp³-hybridized carbons (Fsp3) is 0.462. The number of pyridine rings is 1. The Labute approximate surface area is 90.9 Å². The molecule has 2 heteroatoms. The molecule has 0 atom stereocenters. The minimum absolute atomic E-state index is 0.226. The molecule has 0 aliphatic heterocycles. The summed E-state index contributed by atoms with van der Waals surface area (Å²) in [6, 6.07) is 6.41. The molecule has 2 aromatic heterocycles. The largest absolute Gasteiger partial charge is 0.238 e. The van der Waals surface area contributed by atoms with Crippen molar-refractivity contribution in [3.8, 4) is 0 Å². The first-order chi connectivity index (χ1) is 7.06. The van der Waals surface area contributed by atoms with Crippen molar-refractivity contribution in [1.29, 1.82) is 0 Å². The monoisotopic (exact) mass is 202 g/mol. The third kappa shape index (κ3) is 1.54. The maximum absolute atomic E-state index is 4.34. The second kappa shape index (κ2) is 3.37. The van der Waals surface area contributed by atoms with Crippen LogP contribution in [0.25, 0.3) is 5.52 Å². The lowest BCUT2D eigenvalue weighted by Crippen LogP contribution is -2.18. The molecule has 15 heavy (non-hydrogen) atoms. The number of fused-ring (bicyclic) bond motifs is 1. The van der Waals surface area contributed by atoms with Gasteiger partial charge in [0, 0.05) is 11.9 Å². The van der Waals surface area contributed by atoms with Crippen LogP contribution in [-0.2, 0) is 5.41 Å². The first-order valence-electron chi connectivity index (χ1n) is 5.50. The molecule has 2 rings (SSSR count). The smallest absolute Gasteiger partial charge is 0.0664 e. The van der Waals surface area contributed by atoms with Gasteiger partial charge in [0.25, 0.3) is 0 Å². The second-order valence-corrected chi connectivity index (χ2v) is 4.74. The standard InChI is InChI=1S/C13H18N2/c1-5-13(3,4)12-7-6-11-8-9-14-15(11)10(12)2/h6-9H,5H2,1-4H3. The molecule has 0 fully saturated rings. The van der Waals surface area contributed by atoms with E-state index in [4.69, 9.17) is 0 Å². The van der Waals surface area contributed by atoms with Gasteiger partial charge >= 0.3 is 0 Å². The number of aromatic nitrogens is 2. The zero-order valence-electron chi connectivity index (χ0n) is 9.91. The first kappa shape index (κ1) is 10.2. The lowest BCUT2D eigenvalue weighted by molar-refractivity contribution is 0.498. The van der Waals surface area contributed by atoms with Gasteiger partial charge in [0.2, 0.25) is 0 Å². The summed E-state index contributed by atoms with van der Waals surface area (Å²) < 4.78 is 2.02. The van der Waals surface area contributed by atoms with E-state index in [1.807, 2.05) is 16.8 Å². The van der Waals surface area contributed by atoms with Crippen LogP contribution in [0.2, 0.25) is 0 Å². The lowest BCUT2D eigenvalue weighted by atomic mass is 9.81. The van der Waals surface area contributed by atoms with Gasteiger partial charge in [-0.15, -0.1) is 0 Å². The summed E-state index contributed by atoms with van der Waals surface area (Å²) in [5.41, 5.74) is 4.04. The van der Waals surface area contributed by atoms with E-state index >= 15 is 0 Å². The van der Waals surface area contributed by atoms with E-state index in [0.717, 1.165) is 6.42 Å². The molecule has 0 aliphatic rings. The van der Waals surface area contributed by atoms with Gasteiger partial charge in [0.1, 0.15) is 0 Å². The molecule has 2 heterocycles. The molecular weight excluding hydrogens is 184 g/mol. The number of nitrogens with zero attached hydrogens (tertiary/aromatic N) is 2. The van der Waals surface area contributed by atoms with Crippen molar-refractivity contribution in [1.82, 2.24) is 9.61 Å². The minimum atomic E-state index is 0.226. The molecule has 0 unspecified atom stereocenters. The van der Waals surface area contributed by atoms with Gasteiger partial charge in [-0.25, -0.2) is 4.52 Å². The summed E-state index contributed by atoms with van der Waals surface area (Å²) >= 11 is 0. The van der Waals surface area contributed by atoms with Crippen LogP contribution in [-0.4, -0.2) is 9.61 Å². The van der Waals surface area contributed by atoms with E-state index in [9.17, 15) is 0 Å². The van der Waals surface area contributed by atoms with Crippen LogP contribution in [0.5, 0.6) is 0 Å². The molecule has 0 aromatic carbocycles. The van der Waals surface area contributed by atoms with E-state index in [-0.39, 0.29) is 5.41 Å². The summed E-state index contributed by atoms with van der Waals surface area (Å²) in [4.78, 5) is 0. The number of hydrogen-bond donors (Lipinski definition) is 0. The molecule has 80 valence electrons. The van der Waals surface area contributed by atoms with Crippen molar-refractivity contribution in [2.75, 3.05) is 0 Å². The fourth-order valence-corrected chi connectivity index (χ4v) is 2.03. The van der Waals surface area contributed by atoms with Gasteiger partial charge in [0.05, 0.1) is 5.52 Å². The van der Waals surface area contributed by atoms with Crippen molar-refractivity contribution in [3.63, 3.8) is 0 Å². The lowest BCUT2D eigenvalue weighted by Gasteiger charge is -2.25. The third-order valence-electron chi connectivity index (χ3n) is 3.41. The minimum Gasteiger partial charge on any atom is -0.238 e. The number of aryl methyl sites for hydroxylation is 1. The van der Waals surface area contributed by atoms with Crippen molar-refractivity contribution in [2.24, 2.45) is 0 Å². The molecule has 0 radical (unpaired) electrons. The summed E-state index contributed by atoms with van der Waals surface area (Å²) in [7, 11) is 0. The van der Waals surface area contributed by atoms with Crippen molar-refractivity contribution < 1.29 is 0 Å².